The third-order valence-electron chi connectivity index (χ3n) is 2.85. The van der Waals surface area contributed by atoms with Crippen LogP contribution in [0.3, 0.4) is 0 Å². The van der Waals surface area contributed by atoms with E-state index in [2.05, 4.69) is 4.90 Å². The van der Waals surface area contributed by atoms with Crippen LogP contribution in [0.4, 0.5) is 0 Å². The molecule has 0 radical (unpaired) electrons. The predicted octanol–water partition coefficient (Wildman–Crippen LogP) is 2.12. The van der Waals surface area contributed by atoms with Crippen LogP contribution in [0.1, 0.15) is 16.8 Å². The summed E-state index contributed by atoms with van der Waals surface area (Å²) in [6.45, 7) is 3.33. The molecule has 1 aromatic carbocycles. The molecule has 0 N–H and O–H groups in total. The number of carbonyl (C=O) groups is 1. The van der Waals surface area contributed by atoms with Crippen molar-refractivity contribution in [2.24, 2.45) is 0 Å². The van der Waals surface area contributed by atoms with E-state index in [4.69, 9.17) is 0 Å². The summed E-state index contributed by atoms with van der Waals surface area (Å²) < 4.78 is 0. The molecule has 1 saturated heterocycles. The second-order valence-electron chi connectivity index (χ2n) is 3.99. The number of carbonyl (C=O) groups excluding carboxylic acids is 1. The molecule has 0 aliphatic carbocycles. The van der Waals surface area contributed by atoms with Gasteiger partial charge in [-0.05, 0) is 0 Å². The number of hydrogen-bond donors (Lipinski definition) is 0. The fourth-order valence-electron chi connectivity index (χ4n) is 1.85. The fraction of sp³-hybridized carbons (Fsp3) is 0.462. The molecule has 0 bridgehead atoms. The van der Waals surface area contributed by atoms with Crippen molar-refractivity contribution in [1.82, 2.24) is 4.90 Å². The summed E-state index contributed by atoms with van der Waals surface area (Å²) in [5.74, 6) is 0.275. The molecule has 2 rings (SSSR count). The molecular weight excluding hydrogens is 265 g/mol. The van der Waals surface area contributed by atoms with Crippen molar-refractivity contribution in [3.8, 4) is 0 Å². The first kappa shape index (κ1) is 11.8. The van der Waals surface area contributed by atoms with Crippen LogP contribution in [0, 0.1) is 0 Å². The van der Waals surface area contributed by atoms with Crippen LogP contribution >= 0.6 is 0 Å². The number of Topliss-reactive ketones (excluding diaryl/α,β-unsaturated/α-hetero) is 1. The molecule has 0 saturated carbocycles. The number of rotatable bonds is 4. The van der Waals surface area contributed by atoms with Crippen LogP contribution in [-0.4, -0.2) is 45.3 Å². The van der Waals surface area contributed by atoms with Crippen LogP contribution in [-0.2, 0) is 0 Å². The van der Waals surface area contributed by atoms with E-state index in [-0.39, 0.29) is 5.78 Å². The average Bonchev–Trinajstić information content (AvgIpc) is 2.38. The predicted molar refractivity (Wildman–Crippen MR) is 67.2 cm³/mol. The third kappa shape index (κ3) is 3.44. The first-order valence-corrected chi connectivity index (χ1v) is 8.17. The zero-order valence-electron chi connectivity index (χ0n) is 9.39. The van der Waals surface area contributed by atoms with Crippen molar-refractivity contribution >= 4 is 20.7 Å². The Balaban J connectivity index is 1.79. The number of ketones is 1. The quantitative estimate of drug-likeness (QED) is 0.623. The molecular formula is C13H17NOSe. The Morgan fingerprint density at radius 2 is 1.88 bits per heavy atom. The van der Waals surface area contributed by atoms with Crippen molar-refractivity contribution in [1.29, 1.82) is 0 Å². The van der Waals surface area contributed by atoms with Gasteiger partial charge in [-0.25, -0.2) is 0 Å². The molecule has 16 heavy (non-hydrogen) atoms. The molecule has 86 valence electrons. The molecule has 0 unspecified atom stereocenters. The Morgan fingerprint density at radius 1 is 1.19 bits per heavy atom. The summed E-state index contributed by atoms with van der Waals surface area (Å²) in [6.07, 6.45) is 0.664. The normalized spacial score (nSPS) is 17.2. The third-order valence-corrected chi connectivity index (χ3v) is 4.83. The van der Waals surface area contributed by atoms with Gasteiger partial charge in [-0.1, -0.05) is 0 Å². The van der Waals surface area contributed by atoms with Crippen LogP contribution in [0.5, 0.6) is 0 Å². The zero-order valence-corrected chi connectivity index (χ0v) is 11.1. The van der Waals surface area contributed by atoms with Crippen LogP contribution in [0.2, 0.25) is 10.6 Å². The average molecular weight is 282 g/mol. The van der Waals surface area contributed by atoms with E-state index in [0.29, 0.717) is 6.42 Å². The number of nitrogens with zero attached hydrogens (tertiary/aromatic N) is 1. The van der Waals surface area contributed by atoms with Gasteiger partial charge in [0, 0.05) is 0 Å². The first-order chi connectivity index (χ1) is 7.86. The topological polar surface area (TPSA) is 20.3 Å². The van der Waals surface area contributed by atoms with Gasteiger partial charge < -0.3 is 0 Å². The monoisotopic (exact) mass is 283 g/mol. The van der Waals surface area contributed by atoms with Gasteiger partial charge in [-0.2, -0.15) is 0 Å². The van der Waals surface area contributed by atoms with Gasteiger partial charge >= 0.3 is 103 Å². The van der Waals surface area contributed by atoms with E-state index in [0.717, 1.165) is 27.1 Å². The van der Waals surface area contributed by atoms with Crippen molar-refractivity contribution < 1.29 is 4.79 Å². The second kappa shape index (κ2) is 6.19. The van der Waals surface area contributed by atoms with Gasteiger partial charge in [-0.15, -0.1) is 0 Å². The summed E-state index contributed by atoms with van der Waals surface area (Å²) in [6, 6.07) is 9.61. The molecule has 0 atom stereocenters. The van der Waals surface area contributed by atoms with Crippen molar-refractivity contribution in [3.05, 3.63) is 35.9 Å². The molecule has 2 nitrogen and oxygen atoms in total. The fourth-order valence-corrected chi connectivity index (χ4v) is 3.91. The SMILES string of the molecule is O=C(CCN1CC[Se]CC1)c1ccccc1. The molecule has 1 aromatic rings. The Hall–Kier alpha value is -0.631. The van der Waals surface area contributed by atoms with E-state index in [9.17, 15) is 4.79 Å². The summed E-state index contributed by atoms with van der Waals surface area (Å²) in [5, 5.41) is 2.71. The van der Waals surface area contributed by atoms with E-state index < -0.39 is 0 Å². The van der Waals surface area contributed by atoms with Gasteiger partial charge in [-0.3, -0.25) is 0 Å². The van der Waals surface area contributed by atoms with Crippen molar-refractivity contribution in [3.63, 3.8) is 0 Å². The number of hydrogen-bond acceptors (Lipinski definition) is 2. The Labute approximate surface area is 103 Å². The van der Waals surface area contributed by atoms with Gasteiger partial charge in [0.25, 0.3) is 0 Å². The standard InChI is InChI=1S/C13H17NOSe/c15-13(12-4-2-1-3-5-12)6-7-14-8-10-16-11-9-14/h1-5H,6-11H2. The maximum absolute atomic E-state index is 11.9. The van der Waals surface area contributed by atoms with Crippen molar-refractivity contribution in [2.45, 2.75) is 17.1 Å². The van der Waals surface area contributed by atoms with Crippen LogP contribution < -0.4 is 0 Å². The molecule has 0 spiro atoms. The van der Waals surface area contributed by atoms with Gasteiger partial charge in [0.2, 0.25) is 0 Å². The zero-order chi connectivity index (χ0) is 11.2. The second-order valence-corrected chi connectivity index (χ2v) is 6.56. The minimum atomic E-state index is 0.275. The Morgan fingerprint density at radius 3 is 2.56 bits per heavy atom. The molecule has 3 heteroatoms. The summed E-state index contributed by atoms with van der Waals surface area (Å²) in [4.78, 5) is 14.3. The van der Waals surface area contributed by atoms with Gasteiger partial charge in [0.15, 0.2) is 0 Å². The molecule has 1 fully saturated rings. The Bertz CT molecular complexity index is 333. The summed E-state index contributed by atoms with van der Waals surface area (Å²) >= 11 is 0.861. The molecule has 1 aliphatic heterocycles. The summed E-state index contributed by atoms with van der Waals surface area (Å²) in [7, 11) is 0. The van der Waals surface area contributed by atoms with E-state index in [1.807, 2.05) is 30.3 Å². The van der Waals surface area contributed by atoms with Gasteiger partial charge in [0.1, 0.15) is 0 Å². The maximum atomic E-state index is 11.9. The van der Waals surface area contributed by atoms with Crippen LogP contribution in [0.15, 0.2) is 30.3 Å². The van der Waals surface area contributed by atoms with Crippen LogP contribution in [0.25, 0.3) is 0 Å². The van der Waals surface area contributed by atoms with Gasteiger partial charge in [0.05, 0.1) is 0 Å². The van der Waals surface area contributed by atoms with Crippen molar-refractivity contribution in [2.75, 3.05) is 19.6 Å². The van der Waals surface area contributed by atoms with E-state index in [1.54, 1.807) is 0 Å². The number of benzene rings is 1. The molecule has 1 heterocycles. The van der Waals surface area contributed by atoms with E-state index >= 15 is 0 Å². The van der Waals surface area contributed by atoms with E-state index in [1.165, 1.54) is 23.7 Å². The molecule has 0 aromatic heterocycles. The first-order valence-electron chi connectivity index (χ1n) is 5.74. The molecule has 0 amide bonds. The Kier molecular flexibility index (Phi) is 4.58. The minimum absolute atomic E-state index is 0.275. The molecule has 1 aliphatic rings. The summed E-state index contributed by atoms with van der Waals surface area (Å²) in [5.41, 5.74) is 0.851.